The lowest BCUT2D eigenvalue weighted by molar-refractivity contribution is 0.0740. The standard InChI is InChI=1S/C17H22N6O2/c1-17(2,3)11-5-6-12(18-9-11)15(24)19-10-13-20-21-14-16(25)22(4)7-8-23(13)14/h5-6,9H,7-8,10H2,1-4H3,(H,19,24). The Morgan fingerprint density at radius 1 is 1.24 bits per heavy atom. The zero-order chi connectivity index (χ0) is 18.2. The fraction of sp³-hybridized carbons (Fsp3) is 0.471. The molecule has 0 atom stereocenters. The van der Waals surface area contributed by atoms with Gasteiger partial charge in [-0.05, 0) is 17.0 Å². The van der Waals surface area contributed by atoms with Gasteiger partial charge in [-0.15, -0.1) is 10.2 Å². The van der Waals surface area contributed by atoms with Crippen LogP contribution in [0.2, 0.25) is 0 Å². The Balaban J connectivity index is 1.67. The number of nitrogens with one attached hydrogen (secondary N) is 1. The molecule has 0 saturated heterocycles. The predicted octanol–water partition coefficient (Wildman–Crippen LogP) is 0.986. The Labute approximate surface area is 146 Å². The van der Waals surface area contributed by atoms with E-state index in [9.17, 15) is 9.59 Å². The molecule has 2 aromatic heterocycles. The Hall–Kier alpha value is -2.77. The summed E-state index contributed by atoms with van der Waals surface area (Å²) in [5, 5.41) is 10.7. The number of pyridine rings is 1. The maximum absolute atomic E-state index is 12.3. The van der Waals surface area contributed by atoms with Crippen LogP contribution in [0.25, 0.3) is 0 Å². The molecule has 1 N–H and O–H groups in total. The van der Waals surface area contributed by atoms with Crippen molar-refractivity contribution < 1.29 is 9.59 Å². The smallest absolute Gasteiger partial charge is 0.291 e. The number of rotatable bonds is 3. The molecule has 8 heteroatoms. The summed E-state index contributed by atoms with van der Waals surface area (Å²) in [4.78, 5) is 30.1. The molecule has 0 spiro atoms. The minimum Gasteiger partial charge on any atom is -0.343 e. The molecule has 2 amide bonds. The number of carbonyl (C=O) groups is 2. The number of fused-ring (bicyclic) bond motifs is 1. The van der Waals surface area contributed by atoms with E-state index in [0.29, 0.717) is 30.4 Å². The molecule has 0 fully saturated rings. The normalized spacial score (nSPS) is 14.4. The van der Waals surface area contributed by atoms with Crippen molar-refractivity contribution in [3.63, 3.8) is 0 Å². The molecule has 0 radical (unpaired) electrons. The minimum absolute atomic E-state index is 0.0116. The minimum atomic E-state index is -0.280. The summed E-state index contributed by atoms with van der Waals surface area (Å²) in [5.41, 5.74) is 1.41. The molecule has 8 nitrogen and oxygen atoms in total. The fourth-order valence-corrected chi connectivity index (χ4v) is 2.60. The Morgan fingerprint density at radius 3 is 2.64 bits per heavy atom. The van der Waals surface area contributed by atoms with Gasteiger partial charge in [-0.1, -0.05) is 26.8 Å². The van der Waals surface area contributed by atoms with Gasteiger partial charge in [0.15, 0.2) is 5.82 Å². The molecule has 132 valence electrons. The molecule has 25 heavy (non-hydrogen) atoms. The molecule has 0 aliphatic carbocycles. The topological polar surface area (TPSA) is 93.0 Å². The number of likely N-dealkylation sites (N-methyl/N-ethyl adjacent to an activating group) is 1. The number of aromatic nitrogens is 4. The first-order valence-corrected chi connectivity index (χ1v) is 8.19. The van der Waals surface area contributed by atoms with Gasteiger partial charge in [0.1, 0.15) is 5.69 Å². The van der Waals surface area contributed by atoms with Crippen LogP contribution in [0.1, 0.15) is 53.3 Å². The Kier molecular flexibility index (Phi) is 4.28. The molecule has 0 saturated carbocycles. The molecular formula is C17H22N6O2. The van der Waals surface area contributed by atoms with Crippen molar-refractivity contribution in [2.75, 3.05) is 13.6 Å². The number of hydrogen-bond acceptors (Lipinski definition) is 5. The third-order valence-corrected chi connectivity index (χ3v) is 4.29. The second-order valence-electron chi connectivity index (χ2n) is 7.18. The summed E-state index contributed by atoms with van der Waals surface area (Å²) in [5.74, 6) is 0.439. The molecule has 3 heterocycles. The van der Waals surface area contributed by atoms with Crippen molar-refractivity contribution in [1.82, 2.24) is 30.0 Å². The molecule has 1 aliphatic rings. The quantitative estimate of drug-likeness (QED) is 0.898. The van der Waals surface area contributed by atoms with Crippen molar-refractivity contribution >= 4 is 11.8 Å². The number of nitrogens with zero attached hydrogens (tertiary/aromatic N) is 5. The highest BCUT2D eigenvalue weighted by atomic mass is 16.2. The molecular weight excluding hydrogens is 320 g/mol. The first-order chi connectivity index (χ1) is 11.8. The first kappa shape index (κ1) is 17.1. The van der Waals surface area contributed by atoms with E-state index in [1.807, 2.05) is 6.07 Å². The summed E-state index contributed by atoms with van der Waals surface area (Å²) >= 11 is 0. The van der Waals surface area contributed by atoms with Crippen LogP contribution in [0.15, 0.2) is 18.3 Å². The number of carbonyl (C=O) groups excluding carboxylic acids is 2. The largest absolute Gasteiger partial charge is 0.343 e. The summed E-state index contributed by atoms with van der Waals surface area (Å²) in [6, 6.07) is 3.63. The third-order valence-electron chi connectivity index (χ3n) is 4.29. The fourth-order valence-electron chi connectivity index (χ4n) is 2.60. The van der Waals surface area contributed by atoms with Gasteiger partial charge in [-0.2, -0.15) is 0 Å². The van der Waals surface area contributed by atoms with E-state index in [0.717, 1.165) is 5.56 Å². The van der Waals surface area contributed by atoms with Gasteiger partial charge in [0.05, 0.1) is 6.54 Å². The SMILES string of the molecule is CN1CCn2c(CNC(=O)c3ccc(C(C)(C)C)cn3)nnc2C1=O. The summed E-state index contributed by atoms with van der Waals surface area (Å²) in [6.45, 7) is 7.70. The highest BCUT2D eigenvalue weighted by molar-refractivity contribution is 5.92. The van der Waals surface area contributed by atoms with Gasteiger partial charge in [-0.25, -0.2) is 0 Å². The van der Waals surface area contributed by atoms with Crippen LogP contribution in [0.5, 0.6) is 0 Å². The van der Waals surface area contributed by atoms with E-state index in [-0.39, 0.29) is 23.8 Å². The summed E-state index contributed by atoms with van der Waals surface area (Å²) in [6.07, 6.45) is 1.72. The lowest BCUT2D eigenvalue weighted by atomic mass is 9.88. The lowest BCUT2D eigenvalue weighted by Gasteiger charge is -2.23. The van der Waals surface area contributed by atoms with Gasteiger partial charge in [-0.3, -0.25) is 14.6 Å². The van der Waals surface area contributed by atoms with Crippen molar-refractivity contribution in [3.05, 3.63) is 41.2 Å². The van der Waals surface area contributed by atoms with Crippen molar-refractivity contribution in [1.29, 1.82) is 0 Å². The van der Waals surface area contributed by atoms with Gasteiger partial charge in [0, 0.05) is 26.3 Å². The zero-order valence-corrected chi connectivity index (χ0v) is 14.9. The van der Waals surface area contributed by atoms with Gasteiger partial charge in [0.2, 0.25) is 5.82 Å². The zero-order valence-electron chi connectivity index (χ0n) is 14.9. The predicted molar refractivity (Wildman–Crippen MR) is 91.1 cm³/mol. The average Bonchev–Trinajstić information content (AvgIpc) is 2.99. The van der Waals surface area contributed by atoms with Crippen molar-refractivity contribution in [2.45, 2.75) is 39.3 Å². The van der Waals surface area contributed by atoms with Crippen molar-refractivity contribution in [2.24, 2.45) is 0 Å². The van der Waals surface area contributed by atoms with Crippen LogP contribution in [0.4, 0.5) is 0 Å². The second kappa shape index (κ2) is 6.27. The van der Waals surface area contributed by atoms with E-state index in [1.54, 1.807) is 28.8 Å². The second-order valence-corrected chi connectivity index (χ2v) is 7.18. The highest BCUT2D eigenvalue weighted by Gasteiger charge is 2.26. The molecule has 0 bridgehead atoms. The van der Waals surface area contributed by atoms with E-state index in [4.69, 9.17) is 0 Å². The first-order valence-electron chi connectivity index (χ1n) is 8.19. The summed E-state index contributed by atoms with van der Waals surface area (Å²) in [7, 11) is 1.73. The monoisotopic (exact) mass is 342 g/mol. The maximum atomic E-state index is 12.3. The Bertz CT molecular complexity index is 804. The van der Waals surface area contributed by atoms with Gasteiger partial charge >= 0.3 is 0 Å². The van der Waals surface area contributed by atoms with E-state index in [2.05, 4.69) is 41.3 Å². The molecule has 3 rings (SSSR count). The third kappa shape index (κ3) is 3.38. The summed E-state index contributed by atoms with van der Waals surface area (Å²) < 4.78 is 1.75. The van der Waals surface area contributed by atoms with Gasteiger partial charge < -0.3 is 14.8 Å². The molecule has 1 aliphatic heterocycles. The van der Waals surface area contributed by atoms with Crippen LogP contribution in [-0.4, -0.2) is 50.1 Å². The molecule has 2 aromatic rings. The van der Waals surface area contributed by atoms with Crippen LogP contribution >= 0.6 is 0 Å². The van der Waals surface area contributed by atoms with Crippen LogP contribution in [-0.2, 0) is 18.5 Å². The van der Waals surface area contributed by atoms with Crippen LogP contribution < -0.4 is 5.32 Å². The average molecular weight is 342 g/mol. The van der Waals surface area contributed by atoms with Crippen LogP contribution in [0, 0.1) is 0 Å². The van der Waals surface area contributed by atoms with E-state index < -0.39 is 0 Å². The maximum Gasteiger partial charge on any atom is 0.291 e. The van der Waals surface area contributed by atoms with E-state index >= 15 is 0 Å². The van der Waals surface area contributed by atoms with E-state index in [1.165, 1.54) is 0 Å². The molecule has 0 unspecified atom stereocenters. The van der Waals surface area contributed by atoms with Crippen LogP contribution in [0.3, 0.4) is 0 Å². The number of hydrogen-bond donors (Lipinski definition) is 1. The lowest BCUT2D eigenvalue weighted by Crippen LogP contribution is -2.38. The van der Waals surface area contributed by atoms with Crippen molar-refractivity contribution in [3.8, 4) is 0 Å². The Morgan fingerprint density at radius 2 is 2.00 bits per heavy atom. The van der Waals surface area contributed by atoms with Gasteiger partial charge in [0.25, 0.3) is 11.8 Å². The molecule has 0 aromatic carbocycles. The number of amides is 2. The highest BCUT2D eigenvalue weighted by Crippen LogP contribution is 2.21.